The van der Waals surface area contributed by atoms with Crippen molar-refractivity contribution in [1.29, 1.82) is 0 Å². The Hall–Kier alpha value is -3.35. The Morgan fingerprint density at radius 1 is 1.12 bits per heavy atom. The highest BCUT2D eigenvalue weighted by atomic mass is 32.1. The van der Waals surface area contributed by atoms with Gasteiger partial charge in [-0.15, -0.1) is 11.3 Å². The number of hydrogen-bond acceptors (Lipinski definition) is 9. The van der Waals surface area contributed by atoms with Crippen LogP contribution >= 0.6 is 11.3 Å². The van der Waals surface area contributed by atoms with E-state index in [1.54, 1.807) is 34.6 Å². The lowest BCUT2D eigenvalue weighted by molar-refractivity contribution is -0.0395. The summed E-state index contributed by atoms with van der Waals surface area (Å²) in [6.07, 6.45) is 5.78. The highest BCUT2D eigenvalue weighted by Gasteiger charge is 2.24. The monoisotopic (exact) mass is 484 g/mol. The summed E-state index contributed by atoms with van der Waals surface area (Å²) in [5.74, 6) is -0.404. The summed E-state index contributed by atoms with van der Waals surface area (Å²) < 4.78 is 18.6. The third kappa shape index (κ3) is 5.08. The van der Waals surface area contributed by atoms with E-state index in [9.17, 15) is 9.59 Å². The molecular formula is C22H24N6O5S. The van der Waals surface area contributed by atoms with Gasteiger partial charge in [-0.25, -0.2) is 14.6 Å². The van der Waals surface area contributed by atoms with Crippen molar-refractivity contribution < 1.29 is 23.8 Å². The molecule has 1 saturated heterocycles. The predicted molar refractivity (Wildman–Crippen MR) is 123 cm³/mol. The summed E-state index contributed by atoms with van der Waals surface area (Å²) in [6.45, 7) is 1.87. The average molecular weight is 485 g/mol. The maximum Gasteiger partial charge on any atom is 0.275 e. The third-order valence-electron chi connectivity index (χ3n) is 5.37. The van der Waals surface area contributed by atoms with Gasteiger partial charge in [0.25, 0.3) is 11.8 Å². The van der Waals surface area contributed by atoms with Crippen LogP contribution in [0.25, 0.3) is 10.6 Å². The van der Waals surface area contributed by atoms with E-state index in [0.717, 1.165) is 24.8 Å². The fraction of sp³-hybridized carbons (Fsp3) is 0.409. The largest absolute Gasteiger partial charge is 0.475 e. The van der Waals surface area contributed by atoms with Crippen LogP contribution in [0.2, 0.25) is 0 Å². The second kappa shape index (κ2) is 10.3. The van der Waals surface area contributed by atoms with Gasteiger partial charge in [0.1, 0.15) is 23.5 Å². The molecule has 0 aromatic carbocycles. The molecule has 5 rings (SSSR count). The molecule has 1 fully saturated rings. The van der Waals surface area contributed by atoms with Crippen LogP contribution in [-0.2, 0) is 9.47 Å². The molecule has 3 aromatic heterocycles. The third-order valence-corrected chi connectivity index (χ3v) is 6.27. The number of nitrogens with zero attached hydrogens (tertiary/aromatic N) is 4. The van der Waals surface area contributed by atoms with E-state index in [2.05, 4.69) is 25.7 Å². The summed E-state index contributed by atoms with van der Waals surface area (Å²) in [5.41, 5.74) is 1.44. The van der Waals surface area contributed by atoms with Crippen LogP contribution in [0.4, 0.5) is 5.69 Å². The van der Waals surface area contributed by atoms with Gasteiger partial charge >= 0.3 is 0 Å². The maximum atomic E-state index is 13.0. The van der Waals surface area contributed by atoms with Crippen LogP contribution in [0, 0.1) is 0 Å². The number of amides is 2. The van der Waals surface area contributed by atoms with E-state index in [0.29, 0.717) is 43.0 Å². The van der Waals surface area contributed by atoms with Gasteiger partial charge < -0.3 is 24.8 Å². The van der Waals surface area contributed by atoms with E-state index >= 15 is 0 Å². The van der Waals surface area contributed by atoms with Gasteiger partial charge in [-0.1, -0.05) is 0 Å². The molecule has 2 N–H and O–H groups in total. The molecule has 2 aliphatic heterocycles. The molecule has 34 heavy (non-hydrogen) atoms. The number of anilines is 1. The number of fused-ring (bicyclic) bond motifs is 6. The van der Waals surface area contributed by atoms with Crippen molar-refractivity contribution in [3.05, 3.63) is 41.3 Å². The summed E-state index contributed by atoms with van der Waals surface area (Å²) >= 11 is 1.33. The van der Waals surface area contributed by atoms with Gasteiger partial charge in [-0.2, -0.15) is 5.10 Å². The van der Waals surface area contributed by atoms with Crippen molar-refractivity contribution in [3.63, 3.8) is 0 Å². The number of rotatable bonds is 1. The Bertz CT molecular complexity index is 1170. The van der Waals surface area contributed by atoms with Crippen LogP contribution in [-0.4, -0.2) is 64.5 Å². The average Bonchev–Trinajstić information content (AvgIpc) is 3.52. The topological polar surface area (TPSA) is 129 Å². The number of hydrogen-bond donors (Lipinski definition) is 2. The SMILES string of the molecule is O=C1Nc2cn(C3CCCCO3)nc2C(=O)NCCOCCOc2cc(ccn2)-c2nc1cs2. The van der Waals surface area contributed by atoms with Gasteiger partial charge in [0, 0.05) is 36.4 Å². The second-order valence-electron chi connectivity index (χ2n) is 7.78. The minimum absolute atomic E-state index is 0.112. The molecule has 11 nitrogen and oxygen atoms in total. The molecule has 178 valence electrons. The van der Waals surface area contributed by atoms with Crippen LogP contribution in [0.3, 0.4) is 0 Å². The number of aromatic nitrogens is 4. The summed E-state index contributed by atoms with van der Waals surface area (Å²) in [5, 5.41) is 12.3. The van der Waals surface area contributed by atoms with E-state index < -0.39 is 11.8 Å². The minimum atomic E-state index is -0.435. The Morgan fingerprint density at radius 2 is 2.06 bits per heavy atom. The van der Waals surface area contributed by atoms with Crippen LogP contribution in [0.1, 0.15) is 46.5 Å². The predicted octanol–water partition coefficient (Wildman–Crippen LogP) is 2.49. The zero-order valence-electron chi connectivity index (χ0n) is 18.4. The Kier molecular flexibility index (Phi) is 6.79. The first-order chi connectivity index (χ1) is 16.7. The number of carbonyl (C=O) groups is 2. The molecule has 2 amide bonds. The maximum absolute atomic E-state index is 13.0. The molecule has 0 aliphatic carbocycles. The van der Waals surface area contributed by atoms with Gasteiger partial charge in [0.2, 0.25) is 5.88 Å². The zero-order chi connectivity index (χ0) is 23.3. The Balaban J connectivity index is 1.44. The normalized spacial score (nSPS) is 19.7. The first-order valence-corrected chi connectivity index (χ1v) is 12.0. The first-order valence-electron chi connectivity index (χ1n) is 11.1. The molecule has 4 bridgehead atoms. The standard InChI is InChI=1S/C22H24N6O5S/c29-20-16-13-34-22(26-16)14-4-5-23-17(11-14)32-10-9-31-8-6-24-21(30)19-15(25-20)12-28(27-19)18-3-1-2-7-33-18/h4-5,11-13,18H,1-3,6-10H2,(H,24,30)(H,25,29). The van der Waals surface area contributed by atoms with E-state index in [4.69, 9.17) is 14.2 Å². The van der Waals surface area contributed by atoms with Crippen LogP contribution in [0.5, 0.6) is 5.88 Å². The quantitative estimate of drug-likeness (QED) is 0.539. The molecule has 2 aliphatic rings. The van der Waals surface area contributed by atoms with Crippen LogP contribution in [0.15, 0.2) is 29.9 Å². The summed E-state index contributed by atoms with van der Waals surface area (Å²) in [6, 6.07) is 3.58. The van der Waals surface area contributed by atoms with Gasteiger partial charge in [-0.3, -0.25) is 9.59 Å². The van der Waals surface area contributed by atoms with Gasteiger partial charge in [-0.05, 0) is 25.3 Å². The van der Waals surface area contributed by atoms with Crippen molar-refractivity contribution >= 4 is 28.8 Å². The molecule has 0 spiro atoms. The fourth-order valence-electron chi connectivity index (χ4n) is 3.68. The van der Waals surface area contributed by atoms with E-state index in [1.165, 1.54) is 11.3 Å². The lowest BCUT2D eigenvalue weighted by Crippen LogP contribution is -2.29. The van der Waals surface area contributed by atoms with Crippen molar-refractivity contribution in [2.24, 2.45) is 0 Å². The smallest absolute Gasteiger partial charge is 0.275 e. The molecule has 1 atom stereocenters. The fourth-order valence-corrected chi connectivity index (χ4v) is 4.47. The Labute approximate surface area is 199 Å². The van der Waals surface area contributed by atoms with Crippen LogP contribution < -0.4 is 15.4 Å². The summed E-state index contributed by atoms with van der Waals surface area (Å²) in [7, 11) is 0. The number of nitrogens with one attached hydrogen (secondary N) is 2. The lowest BCUT2D eigenvalue weighted by atomic mass is 10.2. The van der Waals surface area contributed by atoms with E-state index in [1.807, 2.05) is 0 Å². The van der Waals surface area contributed by atoms with Gasteiger partial charge in [0.15, 0.2) is 5.69 Å². The molecule has 12 heteroatoms. The number of pyridine rings is 1. The highest BCUT2D eigenvalue weighted by molar-refractivity contribution is 7.13. The highest BCUT2D eigenvalue weighted by Crippen LogP contribution is 2.28. The van der Waals surface area contributed by atoms with Crippen molar-refractivity contribution in [3.8, 4) is 16.5 Å². The lowest BCUT2D eigenvalue weighted by Gasteiger charge is -2.22. The molecule has 0 radical (unpaired) electrons. The van der Waals surface area contributed by atoms with Crippen molar-refractivity contribution in [2.45, 2.75) is 25.5 Å². The number of carbonyl (C=O) groups excluding carboxylic acids is 2. The summed E-state index contributed by atoms with van der Waals surface area (Å²) in [4.78, 5) is 34.5. The second-order valence-corrected chi connectivity index (χ2v) is 8.64. The zero-order valence-corrected chi connectivity index (χ0v) is 19.2. The van der Waals surface area contributed by atoms with Crippen molar-refractivity contribution in [1.82, 2.24) is 25.1 Å². The van der Waals surface area contributed by atoms with Gasteiger partial charge in [0.05, 0.1) is 25.1 Å². The molecule has 0 saturated carbocycles. The molecule has 5 heterocycles. The van der Waals surface area contributed by atoms with E-state index in [-0.39, 0.29) is 24.2 Å². The molecule has 3 aromatic rings. The first kappa shape index (κ1) is 22.4. The van der Waals surface area contributed by atoms with Crippen molar-refractivity contribution in [2.75, 3.05) is 38.3 Å². The number of thiazole rings is 1. The Morgan fingerprint density at radius 3 is 2.94 bits per heavy atom. The number of ether oxygens (including phenoxy) is 3. The molecule has 1 unspecified atom stereocenters. The molecular weight excluding hydrogens is 460 g/mol. The minimum Gasteiger partial charge on any atom is -0.475 e.